The van der Waals surface area contributed by atoms with Gasteiger partial charge in [-0.3, -0.25) is 0 Å². The fourth-order valence-corrected chi connectivity index (χ4v) is 1.77. The molecule has 0 heterocycles. The highest BCUT2D eigenvalue weighted by Gasteiger charge is 2.28. The number of unbranched alkanes of at least 4 members (excludes halogenated alkanes) is 1. The summed E-state index contributed by atoms with van der Waals surface area (Å²) in [6.45, 7) is 5.07. The molecule has 0 aromatic carbocycles. The molecule has 1 aliphatic rings. The van der Waals surface area contributed by atoms with Crippen molar-refractivity contribution in [3.05, 3.63) is 0 Å². The van der Waals surface area contributed by atoms with Gasteiger partial charge >= 0.3 is 0 Å². The number of hydrogen-bond acceptors (Lipinski definition) is 2. The Bertz CT molecular complexity index is 128. The lowest BCUT2D eigenvalue weighted by molar-refractivity contribution is -0.363. The van der Waals surface area contributed by atoms with Crippen molar-refractivity contribution >= 4 is 0 Å². The maximum Gasteiger partial charge on any atom is 0.101 e. The van der Waals surface area contributed by atoms with Crippen molar-refractivity contribution in [2.24, 2.45) is 0 Å². The first-order valence-corrected chi connectivity index (χ1v) is 5.57. The Morgan fingerprint density at radius 2 is 1.85 bits per heavy atom. The van der Waals surface area contributed by atoms with Crippen LogP contribution in [0.5, 0.6) is 0 Å². The molecule has 2 nitrogen and oxygen atoms in total. The van der Waals surface area contributed by atoms with Crippen LogP contribution in [0.25, 0.3) is 0 Å². The second-order valence-electron chi connectivity index (χ2n) is 4.27. The van der Waals surface area contributed by atoms with Gasteiger partial charge in [-0.05, 0) is 26.2 Å². The van der Waals surface area contributed by atoms with E-state index in [-0.39, 0.29) is 5.60 Å². The highest BCUT2D eigenvalue weighted by molar-refractivity contribution is 4.77. The zero-order chi connectivity index (χ0) is 9.57. The Labute approximate surface area is 81.5 Å². The monoisotopic (exact) mass is 186 g/mol. The smallest absolute Gasteiger partial charge is 0.101 e. The fraction of sp³-hybridized carbons (Fsp3) is 1.00. The van der Waals surface area contributed by atoms with Gasteiger partial charge in [0.2, 0.25) is 0 Å². The lowest BCUT2D eigenvalue weighted by atomic mass is 9.87. The summed E-state index contributed by atoms with van der Waals surface area (Å²) in [5.74, 6) is 0. The van der Waals surface area contributed by atoms with Crippen LogP contribution in [-0.2, 0) is 9.78 Å². The summed E-state index contributed by atoms with van der Waals surface area (Å²) in [5.41, 5.74) is 0.00594. The molecule has 78 valence electrons. The van der Waals surface area contributed by atoms with Crippen LogP contribution < -0.4 is 0 Å². The summed E-state index contributed by atoms with van der Waals surface area (Å²) in [6.07, 6.45) is 8.49. The quantitative estimate of drug-likeness (QED) is 0.372. The summed E-state index contributed by atoms with van der Waals surface area (Å²) in [5, 5.41) is 0. The average Bonchev–Trinajstić information content (AvgIpc) is 2.14. The molecule has 1 fully saturated rings. The van der Waals surface area contributed by atoms with Gasteiger partial charge in [0.15, 0.2) is 0 Å². The normalized spacial score (nSPS) is 21.7. The van der Waals surface area contributed by atoms with E-state index in [2.05, 4.69) is 13.8 Å². The molecular weight excluding hydrogens is 164 g/mol. The highest BCUT2D eigenvalue weighted by Crippen LogP contribution is 2.31. The Hall–Kier alpha value is -0.0800. The summed E-state index contributed by atoms with van der Waals surface area (Å²) in [4.78, 5) is 10.7. The van der Waals surface area contributed by atoms with Crippen molar-refractivity contribution in [2.45, 2.75) is 64.4 Å². The number of rotatable bonds is 5. The lowest BCUT2D eigenvalue weighted by Crippen LogP contribution is -2.31. The third-order valence-corrected chi connectivity index (χ3v) is 2.75. The predicted molar refractivity (Wildman–Crippen MR) is 53.4 cm³/mol. The molecule has 0 spiro atoms. The van der Waals surface area contributed by atoms with Gasteiger partial charge in [-0.15, -0.1) is 0 Å². The number of hydrogen-bond donors (Lipinski definition) is 0. The van der Waals surface area contributed by atoms with Gasteiger partial charge in [-0.2, -0.15) is 0 Å². The highest BCUT2D eigenvalue weighted by atomic mass is 17.2. The molecular formula is C11H22O2. The van der Waals surface area contributed by atoms with Crippen LogP contribution in [0.2, 0.25) is 0 Å². The minimum Gasteiger partial charge on any atom is -0.236 e. The molecule has 13 heavy (non-hydrogen) atoms. The molecule has 0 aliphatic heterocycles. The molecule has 1 saturated carbocycles. The van der Waals surface area contributed by atoms with Crippen molar-refractivity contribution in [1.29, 1.82) is 0 Å². The Morgan fingerprint density at radius 1 is 1.15 bits per heavy atom. The second-order valence-corrected chi connectivity index (χ2v) is 4.27. The van der Waals surface area contributed by atoms with Crippen molar-refractivity contribution in [3.63, 3.8) is 0 Å². The van der Waals surface area contributed by atoms with Crippen molar-refractivity contribution < 1.29 is 9.78 Å². The van der Waals surface area contributed by atoms with E-state index in [1.807, 2.05) is 0 Å². The zero-order valence-electron chi connectivity index (χ0n) is 8.97. The van der Waals surface area contributed by atoms with E-state index >= 15 is 0 Å². The molecule has 0 bridgehead atoms. The van der Waals surface area contributed by atoms with Gasteiger partial charge in [-0.1, -0.05) is 32.6 Å². The third kappa shape index (κ3) is 4.10. The maximum absolute atomic E-state index is 5.47. The van der Waals surface area contributed by atoms with Gasteiger partial charge in [0.05, 0.1) is 6.61 Å². The maximum atomic E-state index is 5.47. The van der Waals surface area contributed by atoms with E-state index in [1.165, 1.54) is 25.7 Å². The van der Waals surface area contributed by atoms with Crippen LogP contribution in [-0.4, -0.2) is 12.2 Å². The van der Waals surface area contributed by atoms with Gasteiger partial charge in [0, 0.05) is 0 Å². The van der Waals surface area contributed by atoms with Crippen molar-refractivity contribution in [3.8, 4) is 0 Å². The van der Waals surface area contributed by atoms with Crippen LogP contribution in [0, 0.1) is 0 Å². The molecule has 0 aromatic rings. The molecule has 0 unspecified atom stereocenters. The molecule has 2 heteroatoms. The molecule has 0 atom stereocenters. The van der Waals surface area contributed by atoms with Gasteiger partial charge in [0.1, 0.15) is 5.60 Å². The van der Waals surface area contributed by atoms with Crippen LogP contribution >= 0.6 is 0 Å². The molecule has 0 saturated heterocycles. The van der Waals surface area contributed by atoms with E-state index in [1.54, 1.807) is 0 Å². The van der Waals surface area contributed by atoms with E-state index < -0.39 is 0 Å². The summed E-state index contributed by atoms with van der Waals surface area (Å²) >= 11 is 0. The van der Waals surface area contributed by atoms with Gasteiger partial charge in [0.25, 0.3) is 0 Å². The summed E-state index contributed by atoms with van der Waals surface area (Å²) < 4.78 is 0. The van der Waals surface area contributed by atoms with Crippen LogP contribution in [0.3, 0.4) is 0 Å². The first-order chi connectivity index (χ1) is 6.27. The molecule has 0 aromatic heterocycles. The van der Waals surface area contributed by atoms with Crippen LogP contribution in [0.4, 0.5) is 0 Å². The Kier molecular flexibility index (Phi) is 4.74. The molecule has 0 N–H and O–H groups in total. The first kappa shape index (κ1) is 11.0. The molecule has 0 amide bonds. The largest absolute Gasteiger partial charge is 0.236 e. The summed E-state index contributed by atoms with van der Waals surface area (Å²) in [6, 6.07) is 0. The minimum absolute atomic E-state index is 0.00594. The molecule has 1 rings (SSSR count). The van der Waals surface area contributed by atoms with Crippen molar-refractivity contribution in [2.75, 3.05) is 6.61 Å². The predicted octanol–water partition coefficient (Wildman–Crippen LogP) is 3.46. The first-order valence-electron chi connectivity index (χ1n) is 5.57. The van der Waals surface area contributed by atoms with Crippen molar-refractivity contribution in [1.82, 2.24) is 0 Å². The minimum atomic E-state index is 0.00594. The SMILES string of the molecule is CCCCOOC1(C)CCCCC1. The second kappa shape index (κ2) is 5.61. The van der Waals surface area contributed by atoms with E-state index in [9.17, 15) is 0 Å². The topological polar surface area (TPSA) is 18.5 Å². The van der Waals surface area contributed by atoms with Crippen LogP contribution in [0.1, 0.15) is 58.8 Å². The van der Waals surface area contributed by atoms with E-state index in [0.29, 0.717) is 0 Å². The fourth-order valence-electron chi connectivity index (χ4n) is 1.77. The molecule has 0 radical (unpaired) electrons. The van der Waals surface area contributed by atoms with E-state index in [0.717, 1.165) is 25.9 Å². The van der Waals surface area contributed by atoms with Gasteiger partial charge < -0.3 is 0 Å². The third-order valence-electron chi connectivity index (χ3n) is 2.75. The Morgan fingerprint density at radius 3 is 2.46 bits per heavy atom. The average molecular weight is 186 g/mol. The van der Waals surface area contributed by atoms with E-state index in [4.69, 9.17) is 9.78 Å². The Balaban J connectivity index is 2.10. The van der Waals surface area contributed by atoms with Gasteiger partial charge in [-0.25, -0.2) is 9.78 Å². The zero-order valence-corrected chi connectivity index (χ0v) is 8.97. The standard InChI is InChI=1S/C11H22O2/c1-3-4-10-12-13-11(2)8-6-5-7-9-11/h3-10H2,1-2H3. The summed E-state index contributed by atoms with van der Waals surface area (Å²) in [7, 11) is 0. The molecule has 1 aliphatic carbocycles. The lowest BCUT2D eigenvalue weighted by Gasteiger charge is -2.31. The van der Waals surface area contributed by atoms with Crippen LogP contribution in [0.15, 0.2) is 0 Å².